The minimum atomic E-state index is -0.365. The highest BCUT2D eigenvalue weighted by atomic mass is 16.5. The molecule has 1 rings (SSSR count). The van der Waals surface area contributed by atoms with Crippen molar-refractivity contribution >= 4 is 17.6 Å². The second-order valence-electron chi connectivity index (χ2n) is 5.80. The van der Waals surface area contributed by atoms with Gasteiger partial charge in [-0.3, -0.25) is 9.59 Å². The smallest absolute Gasteiger partial charge is 0.306 e. The average Bonchev–Trinajstić information content (AvgIpc) is 2.42. The van der Waals surface area contributed by atoms with E-state index in [9.17, 15) is 9.59 Å². The van der Waals surface area contributed by atoms with Crippen LogP contribution < -0.4 is 4.90 Å². The summed E-state index contributed by atoms with van der Waals surface area (Å²) in [5.74, 6) is -0.456. The Balaban J connectivity index is 2.90. The van der Waals surface area contributed by atoms with Crippen LogP contribution in [0, 0.1) is 0 Å². The van der Waals surface area contributed by atoms with Crippen molar-refractivity contribution in [3.63, 3.8) is 0 Å². The van der Waals surface area contributed by atoms with Crippen LogP contribution in [0.1, 0.15) is 39.2 Å². The lowest BCUT2D eigenvalue weighted by Gasteiger charge is -2.27. The fourth-order valence-corrected chi connectivity index (χ4v) is 2.01. The maximum Gasteiger partial charge on any atom is 0.306 e. The Kier molecular flexibility index (Phi) is 5.31. The molecule has 1 aromatic carbocycles. The molecule has 0 spiro atoms. The van der Waals surface area contributed by atoms with Gasteiger partial charge in [-0.25, -0.2) is 0 Å². The largest absolute Gasteiger partial charge is 0.469 e. The van der Waals surface area contributed by atoms with Gasteiger partial charge in [0.15, 0.2) is 0 Å². The summed E-state index contributed by atoms with van der Waals surface area (Å²) in [6, 6.07) is 7.83. The molecule has 20 heavy (non-hydrogen) atoms. The fourth-order valence-electron chi connectivity index (χ4n) is 2.01. The van der Waals surface area contributed by atoms with Gasteiger partial charge in [-0.2, -0.15) is 0 Å². The van der Waals surface area contributed by atoms with Crippen molar-refractivity contribution in [1.29, 1.82) is 0 Å². The average molecular weight is 277 g/mol. The maximum atomic E-state index is 12.2. The van der Waals surface area contributed by atoms with Crippen molar-refractivity contribution in [3.05, 3.63) is 29.8 Å². The number of carbonyl (C=O) groups excluding carboxylic acids is 2. The number of hydrogen-bond donors (Lipinski definition) is 0. The molecular weight excluding hydrogens is 254 g/mol. The number of amides is 1. The molecule has 0 aliphatic heterocycles. The number of methoxy groups -OCH3 is 1. The highest BCUT2D eigenvalue weighted by molar-refractivity contribution is 5.95. The van der Waals surface area contributed by atoms with Gasteiger partial charge in [0.05, 0.1) is 13.5 Å². The van der Waals surface area contributed by atoms with E-state index in [2.05, 4.69) is 25.5 Å². The second-order valence-corrected chi connectivity index (χ2v) is 5.80. The molecule has 0 saturated heterocycles. The lowest BCUT2D eigenvalue weighted by atomic mass is 9.85. The third-order valence-electron chi connectivity index (χ3n) is 3.22. The van der Waals surface area contributed by atoms with Crippen LogP contribution in [-0.4, -0.2) is 26.0 Å². The number of nitrogens with zero attached hydrogens (tertiary/aromatic N) is 1. The van der Waals surface area contributed by atoms with Crippen LogP contribution >= 0.6 is 0 Å². The molecule has 110 valence electrons. The van der Waals surface area contributed by atoms with Crippen LogP contribution in [0.5, 0.6) is 0 Å². The van der Waals surface area contributed by atoms with Crippen molar-refractivity contribution in [2.75, 3.05) is 19.1 Å². The van der Waals surface area contributed by atoms with Crippen molar-refractivity contribution in [1.82, 2.24) is 0 Å². The Morgan fingerprint density at radius 2 is 1.75 bits per heavy atom. The molecule has 4 nitrogen and oxygen atoms in total. The van der Waals surface area contributed by atoms with Gasteiger partial charge in [0, 0.05) is 19.2 Å². The van der Waals surface area contributed by atoms with Crippen LogP contribution in [0.15, 0.2) is 24.3 Å². The minimum absolute atomic E-state index is 0.0481. The number of para-hydroxylation sites is 1. The maximum absolute atomic E-state index is 12.2. The standard InChI is InChI=1S/C16H23NO3/c1-16(2,3)12-8-6-7-9-13(12)17(4)14(18)10-11-15(19)20-5/h6-9H,10-11H2,1-5H3. The SMILES string of the molecule is COC(=O)CCC(=O)N(C)c1ccccc1C(C)(C)C. The van der Waals surface area contributed by atoms with E-state index >= 15 is 0 Å². The molecule has 4 heteroatoms. The second kappa shape index (κ2) is 6.55. The Morgan fingerprint density at radius 1 is 1.15 bits per heavy atom. The summed E-state index contributed by atoms with van der Waals surface area (Å²) in [6.45, 7) is 6.33. The molecule has 0 aliphatic rings. The zero-order chi connectivity index (χ0) is 15.3. The molecule has 1 aromatic rings. The number of ether oxygens (including phenoxy) is 1. The summed E-state index contributed by atoms with van der Waals surface area (Å²) < 4.78 is 4.55. The molecule has 0 unspecified atom stereocenters. The van der Waals surface area contributed by atoms with Crippen molar-refractivity contribution in [2.24, 2.45) is 0 Å². The molecule has 0 bridgehead atoms. The van der Waals surface area contributed by atoms with Crippen LogP contribution in [0.3, 0.4) is 0 Å². The van der Waals surface area contributed by atoms with Gasteiger partial charge >= 0.3 is 5.97 Å². The molecule has 0 heterocycles. The zero-order valence-electron chi connectivity index (χ0n) is 12.9. The first-order valence-corrected chi connectivity index (χ1v) is 6.70. The van der Waals surface area contributed by atoms with Gasteiger partial charge in [0.25, 0.3) is 0 Å². The topological polar surface area (TPSA) is 46.6 Å². The van der Waals surface area contributed by atoms with E-state index in [0.29, 0.717) is 0 Å². The third-order valence-corrected chi connectivity index (χ3v) is 3.22. The van der Waals surface area contributed by atoms with Crippen LogP contribution in [-0.2, 0) is 19.7 Å². The molecule has 0 radical (unpaired) electrons. The first-order chi connectivity index (χ1) is 9.27. The van der Waals surface area contributed by atoms with Gasteiger partial charge in [0.2, 0.25) is 5.91 Å². The summed E-state index contributed by atoms with van der Waals surface area (Å²) in [5, 5.41) is 0. The van der Waals surface area contributed by atoms with Crippen molar-refractivity contribution in [2.45, 2.75) is 39.0 Å². The van der Waals surface area contributed by atoms with E-state index in [4.69, 9.17) is 0 Å². The molecule has 0 aromatic heterocycles. The summed E-state index contributed by atoms with van der Waals surface area (Å²) >= 11 is 0. The highest BCUT2D eigenvalue weighted by Gasteiger charge is 2.22. The number of rotatable bonds is 4. The van der Waals surface area contributed by atoms with Crippen LogP contribution in [0.4, 0.5) is 5.69 Å². The Hall–Kier alpha value is -1.84. The fraction of sp³-hybridized carbons (Fsp3) is 0.500. The molecule has 0 aliphatic carbocycles. The normalized spacial score (nSPS) is 11.1. The molecule has 0 atom stereocenters. The van der Waals surface area contributed by atoms with E-state index < -0.39 is 0 Å². The van der Waals surface area contributed by atoms with E-state index in [1.165, 1.54) is 7.11 Å². The summed E-state index contributed by atoms with van der Waals surface area (Å²) in [4.78, 5) is 24.9. The van der Waals surface area contributed by atoms with Gasteiger partial charge in [-0.1, -0.05) is 39.0 Å². The van der Waals surface area contributed by atoms with Crippen LogP contribution in [0.2, 0.25) is 0 Å². The molecule has 1 amide bonds. The molecule has 0 saturated carbocycles. The number of hydrogen-bond acceptors (Lipinski definition) is 3. The number of anilines is 1. The number of esters is 1. The van der Waals surface area contributed by atoms with Crippen molar-refractivity contribution < 1.29 is 14.3 Å². The lowest BCUT2D eigenvalue weighted by molar-refractivity contribution is -0.141. The van der Waals surface area contributed by atoms with E-state index in [1.54, 1.807) is 11.9 Å². The van der Waals surface area contributed by atoms with Gasteiger partial charge < -0.3 is 9.64 Å². The molecular formula is C16H23NO3. The summed E-state index contributed by atoms with van der Waals surface area (Å²) in [5.41, 5.74) is 1.94. The number of benzene rings is 1. The van der Waals surface area contributed by atoms with Crippen LogP contribution in [0.25, 0.3) is 0 Å². The summed E-state index contributed by atoms with van der Waals surface area (Å²) in [7, 11) is 3.07. The van der Waals surface area contributed by atoms with Crippen molar-refractivity contribution in [3.8, 4) is 0 Å². The first kappa shape index (κ1) is 16.2. The number of carbonyl (C=O) groups is 2. The van der Waals surface area contributed by atoms with E-state index in [1.807, 2.05) is 24.3 Å². The van der Waals surface area contributed by atoms with Gasteiger partial charge in [-0.15, -0.1) is 0 Å². The minimum Gasteiger partial charge on any atom is -0.469 e. The Bertz CT molecular complexity index is 489. The lowest BCUT2D eigenvalue weighted by Crippen LogP contribution is -2.29. The predicted octanol–water partition coefficient (Wildman–Crippen LogP) is 2.90. The summed E-state index contributed by atoms with van der Waals surface area (Å²) in [6.07, 6.45) is 0.263. The van der Waals surface area contributed by atoms with Gasteiger partial charge in [0.1, 0.15) is 0 Å². The first-order valence-electron chi connectivity index (χ1n) is 6.70. The monoisotopic (exact) mass is 277 g/mol. The van der Waals surface area contributed by atoms with E-state index in [0.717, 1.165) is 11.3 Å². The Labute approximate surface area is 120 Å². The van der Waals surface area contributed by atoms with Gasteiger partial charge in [-0.05, 0) is 17.0 Å². The third kappa shape index (κ3) is 4.08. The quantitative estimate of drug-likeness (QED) is 0.795. The zero-order valence-corrected chi connectivity index (χ0v) is 12.9. The molecule has 0 N–H and O–H groups in total. The van der Waals surface area contributed by atoms with E-state index in [-0.39, 0.29) is 30.1 Å². The highest BCUT2D eigenvalue weighted by Crippen LogP contribution is 2.31. The predicted molar refractivity (Wildman–Crippen MR) is 79.8 cm³/mol. The molecule has 0 fully saturated rings. The Morgan fingerprint density at radius 3 is 2.30 bits per heavy atom.